The molecule has 1 aromatic carbocycles. The largest absolute Gasteiger partial charge is 0.459 e. The van der Waals surface area contributed by atoms with Crippen LogP contribution in [0.2, 0.25) is 0 Å². The number of furan rings is 1. The zero-order valence-corrected chi connectivity index (χ0v) is 21.1. The van der Waals surface area contributed by atoms with Crippen LogP contribution in [0.3, 0.4) is 0 Å². The number of nitrogens with zero attached hydrogens (tertiary/aromatic N) is 4. The van der Waals surface area contributed by atoms with E-state index in [1.165, 1.54) is 5.56 Å². The summed E-state index contributed by atoms with van der Waals surface area (Å²) in [5.74, 6) is 2.11. The van der Waals surface area contributed by atoms with E-state index in [1.807, 2.05) is 37.1 Å². The zero-order chi connectivity index (χ0) is 21.1. The minimum absolute atomic E-state index is 0. The van der Waals surface area contributed by atoms with Crippen molar-refractivity contribution in [1.29, 1.82) is 0 Å². The van der Waals surface area contributed by atoms with E-state index in [9.17, 15) is 4.79 Å². The lowest BCUT2D eigenvalue weighted by Gasteiger charge is -2.39. The fourth-order valence-corrected chi connectivity index (χ4v) is 4.56. The van der Waals surface area contributed by atoms with Crippen LogP contribution < -0.4 is 5.32 Å². The van der Waals surface area contributed by atoms with E-state index in [0.717, 1.165) is 74.8 Å². The summed E-state index contributed by atoms with van der Waals surface area (Å²) < 4.78 is 6.02. The first-order chi connectivity index (χ1) is 14.6. The SMILES string of the molecule is CN=C(NCc1oc2ccccc2c1C)N1CCN(C(C)C(=O)N2CCCC2)CC1.I. The second-order valence-electron chi connectivity index (χ2n) is 8.28. The number of nitrogens with one attached hydrogen (secondary N) is 1. The van der Waals surface area contributed by atoms with Crippen LogP contribution in [0.15, 0.2) is 33.7 Å². The smallest absolute Gasteiger partial charge is 0.239 e. The lowest BCUT2D eigenvalue weighted by Crippen LogP contribution is -2.57. The van der Waals surface area contributed by atoms with Crippen LogP contribution in [0.25, 0.3) is 11.0 Å². The van der Waals surface area contributed by atoms with E-state index >= 15 is 0 Å². The number of amides is 1. The first-order valence-corrected chi connectivity index (χ1v) is 11.0. The third-order valence-corrected chi connectivity index (χ3v) is 6.50. The van der Waals surface area contributed by atoms with Gasteiger partial charge in [0.25, 0.3) is 0 Å². The molecule has 0 saturated carbocycles. The van der Waals surface area contributed by atoms with E-state index in [1.54, 1.807) is 0 Å². The van der Waals surface area contributed by atoms with Crippen molar-refractivity contribution in [2.45, 2.75) is 39.3 Å². The Balaban J connectivity index is 0.00000272. The molecule has 7 nitrogen and oxygen atoms in total. The first-order valence-electron chi connectivity index (χ1n) is 11.0. The van der Waals surface area contributed by atoms with E-state index < -0.39 is 0 Å². The van der Waals surface area contributed by atoms with Gasteiger partial charge in [0, 0.05) is 57.3 Å². The summed E-state index contributed by atoms with van der Waals surface area (Å²) in [5, 5.41) is 4.62. The maximum Gasteiger partial charge on any atom is 0.239 e. The Morgan fingerprint density at radius 1 is 1.10 bits per heavy atom. The molecule has 2 saturated heterocycles. The second kappa shape index (κ2) is 10.7. The van der Waals surface area contributed by atoms with Gasteiger partial charge in [0.05, 0.1) is 12.6 Å². The quantitative estimate of drug-likeness (QED) is 0.368. The minimum Gasteiger partial charge on any atom is -0.459 e. The molecule has 2 aromatic rings. The maximum absolute atomic E-state index is 12.7. The van der Waals surface area contributed by atoms with Crippen LogP contribution in [-0.2, 0) is 11.3 Å². The van der Waals surface area contributed by atoms with Crippen LogP contribution in [0.1, 0.15) is 31.1 Å². The molecule has 8 heteroatoms. The Morgan fingerprint density at radius 3 is 2.42 bits per heavy atom. The van der Waals surface area contributed by atoms with Gasteiger partial charge in [0.2, 0.25) is 5.91 Å². The summed E-state index contributed by atoms with van der Waals surface area (Å²) in [6.45, 7) is 10.0. The zero-order valence-electron chi connectivity index (χ0n) is 18.8. The molecule has 1 unspecified atom stereocenters. The van der Waals surface area contributed by atoms with Crippen molar-refractivity contribution in [2.24, 2.45) is 4.99 Å². The van der Waals surface area contributed by atoms with Gasteiger partial charge in [-0.05, 0) is 32.8 Å². The number of rotatable bonds is 4. The average Bonchev–Trinajstić information content (AvgIpc) is 3.43. The highest BCUT2D eigenvalue weighted by molar-refractivity contribution is 14.0. The van der Waals surface area contributed by atoms with Crippen molar-refractivity contribution >= 4 is 46.8 Å². The van der Waals surface area contributed by atoms with Crippen molar-refractivity contribution in [3.8, 4) is 0 Å². The van der Waals surface area contributed by atoms with Crippen LogP contribution in [0.4, 0.5) is 0 Å². The number of hydrogen-bond donors (Lipinski definition) is 1. The van der Waals surface area contributed by atoms with Gasteiger partial charge in [-0.1, -0.05) is 18.2 Å². The molecular weight excluding hydrogens is 505 g/mol. The Hall–Kier alpha value is -1.81. The lowest BCUT2D eigenvalue weighted by atomic mass is 10.1. The highest BCUT2D eigenvalue weighted by Crippen LogP contribution is 2.24. The van der Waals surface area contributed by atoms with Crippen LogP contribution in [-0.4, -0.2) is 78.9 Å². The molecule has 1 aromatic heterocycles. The molecule has 2 aliphatic heterocycles. The van der Waals surface area contributed by atoms with E-state index in [2.05, 4.69) is 33.1 Å². The Bertz CT molecular complexity index is 914. The number of piperazine rings is 1. The molecule has 4 rings (SSSR count). The summed E-state index contributed by atoms with van der Waals surface area (Å²) in [6.07, 6.45) is 2.28. The number of carbonyl (C=O) groups is 1. The summed E-state index contributed by atoms with van der Waals surface area (Å²) in [6, 6.07) is 8.09. The summed E-state index contributed by atoms with van der Waals surface area (Å²) in [7, 11) is 1.82. The van der Waals surface area contributed by atoms with Gasteiger partial charge >= 0.3 is 0 Å². The predicted molar refractivity (Wildman–Crippen MR) is 135 cm³/mol. The van der Waals surface area contributed by atoms with Crippen LogP contribution in [0, 0.1) is 6.92 Å². The van der Waals surface area contributed by atoms with Gasteiger partial charge in [-0.2, -0.15) is 0 Å². The van der Waals surface area contributed by atoms with Crippen LogP contribution in [0.5, 0.6) is 0 Å². The Morgan fingerprint density at radius 2 is 1.77 bits per heavy atom. The number of para-hydroxylation sites is 1. The summed E-state index contributed by atoms with van der Waals surface area (Å²) in [5.41, 5.74) is 2.10. The van der Waals surface area contributed by atoms with Gasteiger partial charge in [0.1, 0.15) is 11.3 Å². The third-order valence-electron chi connectivity index (χ3n) is 6.50. The number of aliphatic imine (C=N–C) groups is 1. The normalized spacial score (nSPS) is 18.9. The average molecular weight is 539 g/mol. The molecule has 0 bridgehead atoms. The minimum atomic E-state index is -0.0431. The van der Waals surface area contributed by atoms with Crippen molar-refractivity contribution in [2.75, 3.05) is 46.3 Å². The first kappa shape index (κ1) is 23.8. The molecule has 3 heterocycles. The molecule has 31 heavy (non-hydrogen) atoms. The van der Waals surface area contributed by atoms with Crippen molar-refractivity contribution in [3.63, 3.8) is 0 Å². The Kier molecular flexibility index (Phi) is 8.21. The fraction of sp³-hybridized carbons (Fsp3) is 0.565. The molecule has 0 radical (unpaired) electrons. The number of likely N-dealkylation sites (tertiary alicyclic amines) is 1. The summed E-state index contributed by atoms with van der Waals surface area (Å²) in [4.78, 5) is 23.8. The fourth-order valence-electron chi connectivity index (χ4n) is 4.56. The third kappa shape index (κ3) is 5.16. The molecule has 0 aliphatic carbocycles. The molecule has 2 fully saturated rings. The molecule has 1 amide bonds. The lowest BCUT2D eigenvalue weighted by molar-refractivity contribution is -0.135. The molecule has 0 spiro atoms. The number of aryl methyl sites for hydroxylation is 1. The number of hydrogen-bond acceptors (Lipinski definition) is 4. The number of fused-ring (bicyclic) bond motifs is 1. The van der Waals surface area contributed by atoms with E-state index in [-0.39, 0.29) is 35.9 Å². The van der Waals surface area contributed by atoms with E-state index in [4.69, 9.17) is 4.42 Å². The number of carbonyl (C=O) groups excluding carboxylic acids is 1. The topological polar surface area (TPSA) is 64.3 Å². The number of halogens is 1. The van der Waals surface area contributed by atoms with Gasteiger partial charge in [-0.3, -0.25) is 14.7 Å². The molecule has 1 N–H and O–H groups in total. The number of guanidine groups is 1. The van der Waals surface area contributed by atoms with Gasteiger partial charge in [-0.15, -0.1) is 24.0 Å². The molecule has 1 atom stereocenters. The Labute approximate surface area is 201 Å². The monoisotopic (exact) mass is 539 g/mol. The van der Waals surface area contributed by atoms with Gasteiger partial charge in [-0.25, -0.2) is 0 Å². The maximum atomic E-state index is 12.7. The van der Waals surface area contributed by atoms with E-state index in [0.29, 0.717) is 6.54 Å². The molecular formula is C23H34IN5O2. The predicted octanol–water partition coefficient (Wildman–Crippen LogP) is 3.06. The van der Waals surface area contributed by atoms with Crippen LogP contribution >= 0.6 is 24.0 Å². The highest BCUT2D eigenvalue weighted by Gasteiger charge is 2.30. The number of benzene rings is 1. The second-order valence-corrected chi connectivity index (χ2v) is 8.28. The van der Waals surface area contributed by atoms with Crippen molar-refractivity contribution in [1.82, 2.24) is 20.0 Å². The summed E-state index contributed by atoms with van der Waals surface area (Å²) >= 11 is 0. The highest BCUT2D eigenvalue weighted by atomic mass is 127. The van der Waals surface area contributed by atoms with Crippen molar-refractivity contribution in [3.05, 3.63) is 35.6 Å². The molecule has 170 valence electrons. The molecule has 2 aliphatic rings. The van der Waals surface area contributed by atoms with Gasteiger partial charge in [0.15, 0.2) is 5.96 Å². The standard InChI is InChI=1S/C23H33N5O2.HI/c1-17-19-8-4-5-9-20(19)30-21(17)16-25-23(24-3)28-14-12-26(13-15-28)18(2)22(29)27-10-6-7-11-27;/h4-5,8-9,18H,6-7,10-16H2,1-3H3,(H,24,25);1H. The van der Waals surface area contributed by atoms with Gasteiger partial charge < -0.3 is 19.5 Å². The van der Waals surface area contributed by atoms with Crippen molar-refractivity contribution < 1.29 is 9.21 Å².